The molecule has 2 saturated carbocycles. The minimum atomic E-state index is -0.421. The third kappa shape index (κ3) is 3.45. The fourth-order valence-corrected chi connectivity index (χ4v) is 4.26. The van der Waals surface area contributed by atoms with Crippen molar-refractivity contribution in [2.45, 2.75) is 63.2 Å². The molecule has 1 N–H and O–H groups in total. The maximum Gasteiger partial charge on any atom is 0.225 e. The third-order valence-corrected chi connectivity index (χ3v) is 6.02. The van der Waals surface area contributed by atoms with Crippen LogP contribution in [0.2, 0.25) is 0 Å². The Bertz CT molecular complexity index is 481. The summed E-state index contributed by atoms with van der Waals surface area (Å²) >= 11 is 0. The van der Waals surface area contributed by atoms with Gasteiger partial charge in [0.05, 0.1) is 13.2 Å². The predicted molar refractivity (Wildman–Crippen MR) is 87.1 cm³/mol. The molecule has 2 heterocycles. The first-order valence-corrected chi connectivity index (χ1v) is 9.52. The van der Waals surface area contributed by atoms with Crippen LogP contribution >= 0.6 is 0 Å². The molecule has 0 unspecified atom stereocenters. The Hall–Kier alpha value is -1.14. The summed E-state index contributed by atoms with van der Waals surface area (Å²) in [6.45, 7) is 2.78. The molecule has 4 aliphatic rings. The number of nitrogens with one attached hydrogen (secondary N) is 1. The predicted octanol–water partition coefficient (Wildman–Crippen LogP) is 1.44. The quantitative estimate of drug-likeness (QED) is 0.847. The largest absolute Gasteiger partial charge is 0.353 e. The Morgan fingerprint density at radius 1 is 0.875 bits per heavy atom. The summed E-state index contributed by atoms with van der Waals surface area (Å²) < 4.78 is 11.5. The molecule has 0 radical (unpaired) electrons. The molecule has 2 saturated heterocycles. The van der Waals surface area contributed by atoms with Crippen molar-refractivity contribution in [2.75, 3.05) is 26.3 Å². The van der Waals surface area contributed by atoms with E-state index in [0.29, 0.717) is 19.3 Å². The number of amides is 2. The highest BCUT2D eigenvalue weighted by atomic mass is 16.7. The molecule has 134 valence electrons. The van der Waals surface area contributed by atoms with Gasteiger partial charge in [-0.05, 0) is 38.5 Å². The lowest BCUT2D eigenvalue weighted by molar-refractivity contribution is -0.188. The number of likely N-dealkylation sites (tertiary alicyclic amines) is 1. The van der Waals surface area contributed by atoms with Crippen molar-refractivity contribution in [2.24, 2.45) is 11.8 Å². The highest BCUT2D eigenvalue weighted by Gasteiger charge is 2.42. The van der Waals surface area contributed by atoms with Gasteiger partial charge in [0.2, 0.25) is 11.8 Å². The van der Waals surface area contributed by atoms with Crippen LogP contribution in [-0.2, 0) is 19.1 Å². The van der Waals surface area contributed by atoms with Crippen molar-refractivity contribution < 1.29 is 19.1 Å². The molecule has 4 rings (SSSR count). The van der Waals surface area contributed by atoms with Gasteiger partial charge >= 0.3 is 0 Å². The van der Waals surface area contributed by atoms with Gasteiger partial charge in [-0.25, -0.2) is 0 Å². The summed E-state index contributed by atoms with van der Waals surface area (Å²) in [5, 5.41) is 3.10. The van der Waals surface area contributed by atoms with Gasteiger partial charge < -0.3 is 19.7 Å². The Balaban J connectivity index is 1.23. The van der Waals surface area contributed by atoms with E-state index in [1.807, 2.05) is 4.90 Å². The molecule has 0 aromatic rings. The van der Waals surface area contributed by atoms with Gasteiger partial charge in [-0.1, -0.05) is 0 Å². The lowest BCUT2D eigenvalue weighted by atomic mass is 9.80. The Labute approximate surface area is 143 Å². The molecular weight excluding hydrogens is 308 g/mol. The lowest BCUT2D eigenvalue weighted by Crippen LogP contribution is -2.49. The molecule has 1 spiro atoms. The Morgan fingerprint density at radius 3 is 2.04 bits per heavy atom. The summed E-state index contributed by atoms with van der Waals surface area (Å²) in [5.74, 6) is 0.256. The zero-order chi connectivity index (χ0) is 16.6. The standard InChI is InChI=1S/C18H28N2O4/c21-16(19-15-5-6-15)13-1-3-14(4-2-13)17(22)20-9-7-18(8-10-20)23-11-12-24-18/h13-15H,1-12H2,(H,19,21). The maximum atomic E-state index is 12.8. The highest BCUT2D eigenvalue weighted by molar-refractivity contribution is 5.81. The molecule has 2 amide bonds. The first kappa shape index (κ1) is 16.3. The van der Waals surface area contributed by atoms with Crippen LogP contribution in [-0.4, -0.2) is 54.8 Å². The normalized spacial score (nSPS) is 32.8. The number of hydrogen-bond acceptors (Lipinski definition) is 4. The second kappa shape index (κ2) is 6.64. The number of piperidine rings is 1. The lowest BCUT2D eigenvalue weighted by Gasteiger charge is -2.39. The topological polar surface area (TPSA) is 67.9 Å². The summed E-state index contributed by atoms with van der Waals surface area (Å²) in [7, 11) is 0. The molecule has 2 aliphatic carbocycles. The molecule has 0 aromatic heterocycles. The van der Waals surface area contributed by atoms with Gasteiger partial charge in [0.1, 0.15) is 0 Å². The number of nitrogens with zero attached hydrogens (tertiary/aromatic N) is 1. The minimum absolute atomic E-state index is 0.0921. The first-order chi connectivity index (χ1) is 11.7. The summed E-state index contributed by atoms with van der Waals surface area (Å²) in [6.07, 6.45) is 7.19. The average molecular weight is 336 g/mol. The summed E-state index contributed by atoms with van der Waals surface area (Å²) in [5.41, 5.74) is 0. The molecule has 6 nitrogen and oxygen atoms in total. The van der Waals surface area contributed by atoms with Gasteiger partial charge in [-0.2, -0.15) is 0 Å². The molecule has 2 aliphatic heterocycles. The van der Waals surface area contributed by atoms with E-state index in [-0.39, 0.29) is 23.7 Å². The highest BCUT2D eigenvalue weighted by Crippen LogP contribution is 2.35. The van der Waals surface area contributed by atoms with E-state index in [9.17, 15) is 9.59 Å². The van der Waals surface area contributed by atoms with Gasteiger partial charge in [0.15, 0.2) is 5.79 Å². The van der Waals surface area contributed by atoms with Crippen molar-refractivity contribution in [3.63, 3.8) is 0 Å². The molecule has 6 heteroatoms. The van der Waals surface area contributed by atoms with E-state index in [0.717, 1.165) is 64.5 Å². The van der Waals surface area contributed by atoms with Crippen LogP contribution in [0.15, 0.2) is 0 Å². The SMILES string of the molecule is O=C(NC1CC1)C1CCC(C(=O)N2CCC3(CC2)OCCO3)CC1. The third-order valence-electron chi connectivity index (χ3n) is 6.02. The number of rotatable bonds is 3. The van der Waals surface area contributed by atoms with Gasteiger partial charge in [-0.15, -0.1) is 0 Å². The number of carbonyl (C=O) groups is 2. The number of carbonyl (C=O) groups excluding carboxylic acids is 2. The smallest absolute Gasteiger partial charge is 0.225 e. The van der Waals surface area contributed by atoms with E-state index in [2.05, 4.69) is 5.32 Å². The van der Waals surface area contributed by atoms with Crippen LogP contribution in [0, 0.1) is 11.8 Å². The fourth-order valence-electron chi connectivity index (χ4n) is 4.26. The first-order valence-electron chi connectivity index (χ1n) is 9.52. The minimum Gasteiger partial charge on any atom is -0.353 e. The second-order valence-electron chi connectivity index (χ2n) is 7.76. The Kier molecular flexibility index (Phi) is 4.52. The van der Waals surface area contributed by atoms with Gasteiger partial charge in [0, 0.05) is 43.8 Å². The van der Waals surface area contributed by atoms with Crippen LogP contribution in [0.5, 0.6) is 0 Å². The van der Waals surface area contributed by atoms with Crippen LogP contribution in [0.1, 0.15) is 51.4 Å². The van der Waals surface area contributed by atoms with Crippen molar-refractivity contribution >= 4 is 11.8 Å². The van der Waals surface area contributed by atoms with Gasteiger partial charge in [0.25, 0.3) is 0 Å². The average Bonchev–Trinajstić information content (AvgIpc) is 3.32. The van der Waals surface area contributed by atoms with Crippen LogP contribution in [0.3, 0.4) is 0 Å². The fraction of sp³-hybridized carbons (Fsp3) is 0.889. The van der Waals surface area contributed by atoms with E-state index >= 15 is 0 Å². The zero-order valence-electron chi connectivity index (χ0n) is 14.3. The second-order valence-corrected chi connectivity index (χ2v) is 7.76. The van der Waals surface area contributed by atoms with Crippen LogP contribution < -0.4 is 5.32 Å². The summed E-state index contributed by atoms with van der Waals surface area (Å²) in [4.78, 5) is 26.9. The van der Waals surface area contributed by atoms with E-state index in [4.69, 9.17) is 9.47 Å². The molecule has 0 bridgehead atoms. The number of hydrogen-bond donors (Lipinski definition) is 1. The van der Waals surface area contributed by atoms with Crippen LogP contribution in [0.4, 0.5) is 0 Å². The van der Waals surface area contributed by atoms with Crippen molar-refractivity contribution in [3.05, 3.63) is 0 Å². The molecule has 0 aromatic carbocycles. The van der Waals surface area contributed by atoms with Gasteiger partial charge in [-0.3, -0.25) is 9.59 Å². The van der Waals surface area contributed by atoms with Crippen LogP contribution in [0.25, 0.3) is 0 Å². The molecular formula is C18H28N2O4. The van der Waals surface area contributed by atoms with Crippen molar-refractivity contribution in [1.29, 1.82) is 0 Å². The maximum absolute atomic E-state index is 12.8. The molecule has 0 atom stereocenters. The van der Waals surface area contributed by atoms with Crippen molar-refractivity contribution in [1.82, 2.24) is 10.2 Å². The van der Waals surface area contributed by atoms with E-state index in [1.54, 1.807) is 0 Å². The monoisotopic (exact) mass is 336 g/mol. The molecule has 24 heavy (non-hydrogen) atoms. The van der Waals surface area contributed by atoms with E-state index < -0.39 is 5.79 Å². The number of ether oxygens (including phenoxy) is 2. The van der Waals surface area contributed by atoms with E-state index in [1.165, 1.54) is 0 Å². The summed E-state index contributed by atoms with van der Waals surface area (Å²) in [6, 6.07) is 0.428. The van der Waals surface area contributed by atoms with Crippen molar-refractivity contribution in [3.8, 4) is 0 Å². The Morgan fingerprint density at radius 2 is 1.46 bits per heavy atom. The zero-order valence-corrected chi connectivity index (χ0v) is 14.3. The molecule has 4 fully saturated rings.